The van der Waals surface area contributed by atoms with Crippen LogP contribution in [0.1, 0.15) is 40.0 Å². The lowest BCUT2D eigenvalue weighted by atomic mass is 9.96. The lowest BCUT2D eigenvalue weighted by molar-refractivity contribution is 0.0688. The quantitative estimate of drug-likeness (QED) is 0.134. The number of carbonyl (C=O) groups is 2. The van der Waals surface area contributed by atoms with Gasteiger partial charge in [-0.25, -0.2) is 28.6 Å². The number of piperazine rings is 1. The predicted molar refractivity (Wildman–Crippen MR) is 268 cm³/mol. The number of aromatic nitrogens is 6. The highest BCUT2D eigenvalue weighted by atomic mass is 16.4. The van der Waals surface area contributed by atoms with Gasteiger partial charge in [0.2, 0.25) is 0 Å². The molecular weight excluding hydrogens is 851 g/mol. The smallest absolute Gasteiger partial charge is 0.336 e. The fraction of sp³-hybridized carbons (Fsp3) is 0.164. The third-order valence-electron chi connectivity index (χ3n) is 13.2. The monoisotopic (exact) mass is 897 g/mol. The Labute approximate surface area is 391 Å². The predicted octanol–water partition coefficient (Wildman–Crippen LogP) is 10.2. The average Bonchev–Trinajstić information content (AvgIpc) is 4.03. The Morgan fingerprint density at radius 2 is 0.868 bits per heavy atom. The molecule has 2 fully saturated rings. The van der Waals surface area contributed by atoms with Gasteiger partial charge in [-0.2, -0.15) is 10.2 Å². The van der Waals surface area contributed by atoms with Gasteiger partial charge in [-0.05, 0) is 99.5 Å². The Kier molecular flexibility index (Phi) is 11.2. The third kappa shape index (κ3) is 8.02. The summed E-state index contributed by atoms with van der Waals surface area (Å²) in [7, 11) is 0. The number of benzene rings is 6. The summed E-state index contributed by atoms with van der Waals surface area (Å²) in [6, 6.07) is 39.4. The van der Waals surface area contributed by atoms with Crippen LogP contribution in [0.5, 0.6) is 0 Å². The van der Waals surface area contributed by atoms with Crippen LogP contribution in [-0.4, -0.2) is 90.6 Å². The van der Waals surface area contributed by atoms with Crippen molar-refractivity contribution in [3.05, 3.63) is 170 Å². The SMILES string of the molecule is O=C(O)c1ccc(-c2cnn3cc(-c4ccc(N5CCCCC5)cc4)cnc23)c2ccccc12.O=C(O)c1ccc(-c2cnn3cc(-c4ccc(N5CCNCC5)cc4)cnc23)c2ccccc12. The van der Waals surface area contributed by atoms with Crippen LogP contribution < -0.4 is 15.1 Å². The Hall–Kier alpha value is -8.42. The van der Waals surface area contributed by atoms with E-state index in [-0.39, 0.29) is 5.56 Å². The summed E-state index contributed by atoms with van der Waals surface area (Å²) in [5.74, 6) is -1.87. The van der Waals surface area contributed by atoms with E-state index in [2.05, 4.69) is 73.8 Å². The first-order valence-corrected chi connectivity index (χ1v) is 23.0. The molecule has 13 nitrogen and oxygen atoms in total. The molecule has 2 aliphatic rings. The van der Waals surface area contributed by atoms with Crippen LogP contribution in [0.3, 0.4) is 0 Å². The van der Waals surface area contributed by atoms with Crippen molar-refractivity contribution < 1.29 is 19.8 Å². The lowest BCUT2D eigenvalue weighted by Crippen LogP contribution is -2.43. The first-order valence-electron chi connectivity index (χ1n) is 23.0. The summed E-state index contributed by atoms with van der Waals surface area (Å²) in [4.78, 5) is 37.7. The number of hydrogen-bond donors (Lipinski definition) is 3. The van der Waals surface area contributed by atoms with E-state index < -0.39 is 11.9 Å². The van der Waals surface area contributed by atoms with E-state index in [1.54, 1.807) is 33.6 Å². The molecule has 68 heavy (non-hydrogen) atoms. The minimum atomic E-state index is -0.937. The summed E-state index contributed by atoms with van der Waals surface area (Å²) < 4.78 is 3.58. The van der Waals surface area contributed by atoms with Gasteiger partial charge in [-0.15, -0.1) is 0 Å². The topological polar surface area (TPSA) is 153 Å². The van der Waals surface area contributed by atoms with Gasteiger partial charge >= 0.3 is 11.9 Å². The van der Waals surface area contributed by atoms with E-state index in [1.807, 2.05) is 85.5 Å². The number of piperidine rings is 1. The van der Waals surface area contributed by atoms with Gasteiger partial charge in [0.15, 0.2) is 11.3 Å². The summed E-state index contributed by atoms with van der Waals surface area (Å²) in [6.45, 7) is 6.32. The summed E-state index contributed by atoms with van der Waals surface area (Å²) >= 11 is 0. The van der Waals surface area contributed by atoms with Gasteiger partial charge in [-0.1, -0.05) is 84.9 Å². The Morgan fingerprint density at radius 3 is 1.31 bits per heavy atom. The highest BCUT2D eigenvalue weighted by Crippen LogP contribution is 2.36. The molecule has 10 aromatic rings. The molecular formula is C55H47N9O4. The average molecular weight is 898 g/mol. The molecule has 2 aliphatic heterocycles. The fourth-order valence-electron chi connectivity index (χ4n) is 9.67. The van der Waals surface area contributed by atoms with Crippen LogP contribution in [0.4, 0.5) is 11.4 Å². The first-order chi connectivity index (χ1) is 33.4. The molecule has 6 aromatic carbocycles. The van der Waals surface area contributed by atoms with Crippen molar-refractivity contribution in [3.63, 3.8) is 0 Å². The van der Waals surface area contributed by atoms with Gasteiger partial charge < -0.3 is 25.3 Å². The molecule has 3 N–H and O–H groups in total. The minimum Gasteiger partial charge on any atom is -0.478 e. The van der Waals surface area contributed by atoms with Crippen LogP contribution in [-0.2, 0) is 0 Å². The van der Waals surface area contributed by atoms with Crippen molar-refractivity contribution in [2.75, 3.05) is 49.1 Å². The van der Waals surface area contributed by atoms with Crippen LogP contribution >= 0.6 is 0 Å². The van der Waals surface area contributed by atoms with Crippen molar-refractivity contribution >= 4 is 56.2 Å². The van der Waals surface area contributed by atoms with Crippen molar-refractivity contribution in [3.8, 4) is 44.5 Å². The molecule has 0 radical (unpaired) electrons. The number of carboxylic acids is 2. The van der Waals surface area contributed by atoms with Crippen LogP contribution in [0, 0.1) is 0 Å². The van der Waals surface area contributed by atoms with E-state index in [0.29, 0.717) is 16.3 Å². The highest BCUT2D eigenvalue weighted by molar-refractivity contribution is 6.10. The molecule has 0 bridgehead atoms. The molecule has 0 unspecified atom stereocenters. The lowest BCUT2D eigenvalue weighted by Gasteiger charge is -2.29. The molecule has 2 saturated heterocycles. The minimum absolute atomic E-state index is 0.287. The maximum absolute atomic E-state index is 11.7. The Morgan fingerprint density at radius 1 is 0.441 bits per heavy atom. The fourth-order valence-corrected chi connectivity index (χ4v) is 9.67. The van der Waals surface area contributed by atoms with Gasteiger partial charge in [0.25, 0.3) is 0 Å². The number of carboxylic acid groups (broad SMARTS) is 2. The second-order valence-electron chi connectivity index (χ2n) is 17.2. The van der Waals surface area contributed by atoms with E-state index >= 15 is 0 Å². The van der Waals surface area contributed by atoms with E-state index in [0.717, 1.165) is 106 Å². The van der Waals surface area contributed by atoms with Gasteiger partial charge in [-0.3, -0.25) is 0 Å². The maximum Gasteiger partial charge on any atom is 0.336 e. The van der Waals surface area contributed by atoms with Crippen LogP contribution in [0.15, 0.2) is 159 Å². The second kappa shape index (κ2) is 18.1. The zero-order valence-electron chi connectivity index (χ0n) is 37.2. The molecule has 13 heteroatoms. The van der Waals surface area contributed by atoms with Crippen molar-refractivity contribution in [1.29, 1.82) is 0 Å². The summed E-state index contributed by atoms with van der Waals surface area (Å²) in [6.07, 6.45) is 15.2. The standard InChI is InChI=1S/C28H24N4O2.C27H23N5O2/c33-28(34)25-13-12-24(22-6-2-3-7-23(22)25)26-17-30-32-18-20(16-29-27(26)32)19-8-10-21(11-9-19)31-14-4-1-5-15-31;33-27(34)24-10-9-23(21-3-1-2-4-22(21)24)25-16-30-32-17-19(15-29-26(25)32)18-5-7-20(8-6-18)31-13-11-28-12-14-31/h2-3,6-13,16-18H,1,4-5,14-15H2,(H,33,34);1-10,15-17,28H,11-14H2,(H,33,34). The zero-order valence-corrected chi connectivity index (χ0v) is 37.2. The number of nitrogens with one attached hydrogen (secondary N) is 1. The van der Waals surface area contributed by atoms with Crippen LogP contribution in [0.2, 0.25) is 0 Å². The first kappa shape index (κ1) is 42.2. The van der Waals surface area contributed by atoms with Crippen molar-refractivity contribution in [1.82, 2.24) is 34.5 Å². The molecule has 0 aliphatic carbocycles. The summed E-state index contributed by atoms with van der Waals surface area (Å²) in [5, 5.41) is 34.8. The van der Waals surface area contributed by atoms with E-state index in [9.17, 15) is 19.8 Å². The largest absolute Gasteiger partial charge is 0.478 e. The number of nitrogens with zero attached hydrogens (tertiary/aromatic N) is 8. The Balaban J connectivity index is 0.000000149. The molecule has 336 valence electrons. The van der Waals surface area contributed by atoms with Gasteiger partial charge in [0, 0.05) is 97.7 Å². The van der Waals surface area contributed by atoms with Crippen molar-refractivity contribution in [2.24, 2.45) is 0 Å². The molecule has 0 spiro atoms. The molecule has 0 saturated carbocycles. The van der Waals surface area contributed by atoms with Crippen molar-refractivity contribution in [2.45, 2.75) is 19.3 Å². The number of aromatic carboxylic acids is 2. The normalized spacial score (nSPS) is 14.1. The summed E-state index contributed by atoms with van der Waals surface area (Å²) in [5.41, 5.74) is 12.3. The molecule has 4 aromatic heterocycles. The molecule has 0 amide bonds. The van der Waals surface area contributed by atoms with Gasteiger partial charge in [0.05, 0.1) is 23.5 Å². The number of anilines is 2. The molecule has 6 heterocycles. The molecule has 0 atom stereocenters. The second-order valence-corrected chi connectivity index (χ2v) is 17.2. The van der Waals surface area contributed by atoms with E-state index in [4.69, 9.17) is 9.97 Å². The maximum atomic E-state index is 11.7. The van der Waals surface area contributed by atoms with Crippen LogP contribution in [0.25, 0.3) is 77.3 Å². The number of hydrogen-bond acceptors (Lipinski definition) is 9. The Bertz CT molecular complexity index is 3270. The highest BCUT2D eigenvalue weighted by Gasteiger charge is 2.19. The molecule has 12 rings (SSSR count). The third-order valence-corrected chi connectivity index (χ3v) is 13.2. The zero-order chi connectivity index (χ0) is 46.1. The van der Waals surface area contributed by atoms with E-state index in [1.165, 1.54) is 30.6 Å². The van der Waals surface area contributed by atoms with Gasteiger partial charge in [0.1, 0.15) is 0 Å². The number of rotatable bonds is 8. The number of fused-ring (bicyclic) bond motifs is 4.